The van der Waals surface area contributed by atoms with Crippen LogP contribution in [-0.4, -0.2) is 63.2 Å². The van der Waals surface area contributed by atoms with Crippen molar-refractivity contribution in [2.75, 3.05) is 30.3 Å². The van der Waals surface area contributed by atoms with Crippen molar-refractivity contribution in [2.45, 2.75) is 70.0 Å². The Morgan fingerprint density at radius 1 is 0.936 bits per heavy atom. The maximum Gasteiger partial charge on any atom is 0.243 e. The van der Waals surface area contributed by atoms with Crippen molar-refractivity contribution >= 4 is 50.7 Å². The lowest BCUT2D eigenvalue weighted by atomic mass is 9.94. The zero-order chi connectivity index (χ0) is 33.4. The fourth-order valence-corrected chi connectivity index (χ4v) is 7.55. The van der Waals surface area contributed by atoms with E-state index in [0.717, 1.165) is 43.9 Å². The first kappa shape index (κ1) is 34.9. The van der Waals surface area contributed by atoms with E-state index < -0.39 is 16.1 Å². The summed E-state index contributed by atoms with van der Waals surface area (Å²) in [6.45, 7) is 0.932. The number of sulfonamides is 1. The van der Waals surface area contributed by atoms with Crippen LogP contribution >= 0.6 is 23.2 Å². The number of fused-ring (bicyclic) bond motifs is 1. The summed E-state index contributed by atoms with van der Waals surface area (Å²) < 4.78 is 38.3. The number of carbonyl (C=O) groups is 2. The molecule has 1 fully saturated rings. The van der Waals surface area contributed by atoms with E-state index in [1.54, 1.807) is 41.3 Å². The summed E-state index contributed by atoms with van der Waals surface area (Å²) >= 11 is 12.7. The first-order valence-corrected chi connectivity index (χ1v) is 18.6. The molecule has 1 aliphatic heterocycles. The summed E-state index contributed by atoms with van der Waals surface area (Å²) in [7, 11) is -3.69. The zero-order valence-electron chi connectivity index (χ0n) is 26.5. The van der Waals surface area contributed by atoms with Crippen molar-refractivity contribution in [1.82, 2.24) is 10.2 Å². The van der Waals surface area contributed by atoms with Gasteiger partial charge in [0.25, 0.3) is 0 Å². The number of hydrogen-bond acceptors (Lipinski definition) is 6. The Balaban J connectivity index is 1.39. The van der Waals surface area contributed by atoms with Crippen LogP contribution in [0.3, 0.4) is 0 Å². The van der Waals surface area contributed by atoms with Gasteiger partial charge in [0.2, 0.25) is 21.8 Å². The maximum atomic E-state index is 14.2. The molecule has 3 aromatic carbocycles. The van der Waals surface area contributed by atoms with Crippen molar-refractivity contribution < 1.29 is 27.5 Å². The molecule has 0 unspecified atom stereocenters. The molecule has 2 aliphatic rings. The topological polar surface area (TPSA) is 105 Å². The molecule has 0 bridgehead atoms. The summed E-state index contributed by atoms with van der Waals surface area (Å²) in [5.74, 6) is 0.521. The highest BCUT2D eigenvalue weighted by atomic mass is 35.5. The summed E-state index contributed by atoms with van der Waals surface area (Å²) in [6.07, 6.45) is 6.72. The van der Waals surface area contributed by atoms with Gasteiger partial charge < -0.3 is 19.7 Å². The molecule has 0 radical (unpaired) electrons. The number of rotatable bonds is 13. The maximum absolute atomic E-state index is 14.2. The minimum Gasteiger partial charge on any atom is -0.486 e. The third-order valence-electron chi connectivity index (χ3n) is 8.54. The molecule has 3 aromatic rings. The van der Waals surface area contributed by atoms with Gasteiger partial charge in [-0.15, -0.1) is 0 Å². The Kier molecular flexibility index (Phi) is 11.9. The number of carbonyl (C=O) groups excluding carboxylic acids is 2. The fourth-order valence-electron chi connectivity index (χ4n) is 6.12. The van der Waals surface area contributed by atoms with Crippen molar-refractivity contribution in [3.63, 3.8) is 0 Å². The van der Waals surface area contributed by atoms with E-state index in [2.05, 4.69) is 5.32 Å². The SMILES string of the molecule is CS(=O)(=O)N(CCCC(=O)N(Cc1ccc(Cl)cc1Cl)[C@H](Cc1ccccc1)C(=O)NC1CCCCC1)c1ccc2c(c1)OCCO2. The highest BCUT2D eigenvalue weighted by Crippen LogP contribution is 2.35. The molecule has 1 saturated carbocycles. The predicted octanol–water partition coefficient (Wildman–Crippen LogP) is 6.40. The summed E-state index contributed by atoms with van der Waals surface area (Å²) in [5.41, 5.74) is 1.99. The van der Waals surface area contributed by atoms with Gasteiger partial charge >= 0.3 is 0 Å². The van der Waals surface area contributed by atoms with E-state index in [4.69, 9.17) is 32.7 Å². The Bertz CT molecular complexity index is 1650. The van der Waals surface area contributed by atoms with Crippen LogP contribution < -0.4 is 19.1 Å². The molecular weight excluding hydrogens is 661 g/mol. The lowest BCUT2D eigenvalue weighted by Gasteiger charge is -2.34. The number of benzene rings is 3. The molecule has 1 heterocycles. The highest BCUT2D eigenvalue weighted by Gasteiger charge is 2.32. The molecular formula is C35H41Cl2N3O6S. The summed E-state index contributed by atoms with van der Waals surface area (Å²) in [6, 6.07) is 18.9. The van der Waals surface area contributed by atoms with E-state index in [1.807, 2.05) is 30.3 Å². The highest BCUT2D eigenvalue weighted by molar-refractivity contribution is 7.92. The lowest BCUT2D eigenvalue weighted by molar-refractivity contribution is -0.141. The molecule has 1 aliphatic carbocycles. The van der Waals surface area contributed by atoms with Crippen LogP contribution in [0.1, 0.15) is 56.1 Å². The fraction of sp³-hybridized carbons (Fsp3) is 0.429. The van der Waals surface area contributed by atoms with Gasteiger partial charge in [-0.3, -0.25) is 13.9 Å². The van der Waals surface area contributed by atoms with E-state index >= 15 is 0 Å². The van der Waals surface area contributed by atoms with Crippen LogP contribution in [0, 0.1) is 0 Å². The Morgan fingerprint density at radius 3 is 2.36 bits per heavy atom. The Labute approximate surface area is 287 Å². The first-order chi connectivity index (χ1) is 22.6. The second-order valence-electron chi connectivity index (χ2n) is 12.1. The number of hydrogen-bond donors (Lipinski definition) is 1. The molecule has 1 atom stereocenters. The minimum absolute atomic E-state index is 0.00375. The monoisotopic (exact) mass is 701 g/mol. The van der Waals surface area contributed by atoms with E-state index in [9.17, 15) is 18.0 Å². The van der Waals surface area contributed by atoms with Gasteiger partial charge in [0.15, 0.2) is 11.5 Å². The van der Waals surface area contributed by atoms with E-state index in [1.165, 1.54) is 4.31 Å². The van der Waals surface area contributed by atoms with Gasteiger partial charge in [-0.1, -0.05) is 78.9 Å². The van der Waals surface area contributed by atoms with Gasteiger partial charge in [-0.25, -0.2) is 8.42 Å². The van der Waals surface area contributed by atoms with Crippen LogP contribution in [0.2, 0.25) is 10.0 Å². The predicted molar refractivity (Wildman–Crippen MR) is 185 cm³/mol. The molecule has 0 spiro atoms. The summed E-state index contributed by atoms with van der Waals surface area (Å²) in [4.78, 5) is 29.8. The van der Waals surface area contributed by atoms with Crippen molar-refractivity contribution in [3.8, 4) is 11.5 Å². The molecule has 9 nitrogen and oxygen atoms in total. The first-order valence-electron chi connectivity index (χ1n) is 16.0. The Hall–Kier alpha value is -3.47. The van der Waals surface area contributed by atoms with Crippen LogP contribution in [-0.2, 0) is 32.6 Å². The molecule has 12 heteroatoms. The summed E-state index contributed by atoms with van der Waals surface area (Å²) in [5, 5.41) is 4.09. The lowest BCUT2D eigenvalue weighted by Crippen LogP contribution is -2.53. The Morgan fingerprint density at radius 2 is 1.66 bits per heavy atom. The number of halogens is 2. The van der Waals surface area contributed by atoms with Crippen LogP contribution in [0.25, 0.3) is 0 Å². The van der Waals surface area contributed by atoms with Gasteiger partial charge in [-0.05, 0) is 54.7 Å². The molecule has 252 valence electrons. The average Bonchev–Trinajstić information content (AvgIpc) is 3.05. The molecule has 47 heavy (non-hydrogen) atoms. The van der Waals surface area contributed by atoms with Crippen LogP contribution in [0.5, 0.6) is 11.5 Å². The van der Waals surface area contributed by atoms with Crippen LogP contribution in [0.4, 0.5) is 5.69 Å². The zero-order valence-corrected chi connectivity index (χ0v) is 28.8. The third-order valence-corrected chi connectivity index (χ3v) is 10.3. The molecule has 2 amide bonds. The number of anilines is 1. The molecule has 0 aromatic heterocycles. The quantitative estimate of drug-likeness (QED) is 0.221. The molecule has 1 N–H and O–H groups in total. The van der Waals surface area contributed by atoms with Crippen molar-refractivity contribution in [2.24, 2.45) is 0 Å². The third kappa shape index (κ3) is 9.55. The second kappa shape index (κ2) is 16.1. The van der Waals surface area contributed by atoms with Gasteiger partial charge in [0.1, 0.15) is 19.3 Å². The number of ether oxygens (including phenoxy) is 2. The van der Waals surface area contributed by atoms with Crippen molar-refractivity contribution in [3.05, 3.63) is 87.9 Å². The van der Waals surface area contributed by atoms with Gasteiger partial charge in [-0.2, -0.15) is 0 Å². The number of nitrogens with zero attached hydrogens (tertiary/aromatic N) is 2. The normalized spacial score (nSPS) is 15.5. The van der Waals surface area contributed by atoms with Crippen molar-refractivity contribution in [1.29, 1.82) is 0 Å². The minimum atomic E-state index is -3.69. The average molecular weight is 703 g/mol. The van der Waals surface area contributed by atoms with Crippen LogP contribution in [0.15, 0.2) is 66.7 Å². The number of nitrogens with one attached hydrogen (secondary N) is 1. The standard InChI is InChI=1S/C35H41Cl2N3O6S/c1-47(43,44)40(29-16-17-32-33(23-29)46-20-19-45-32)18-8-13-34(41)39(24-26-14-15-27(36)22-30(26)37)31(21-25-9-4-2-5-10-25)35(42)38-28-11-6-3-7-12-28/h2,4-5,9-10,14-17,22-23,28,31H,3,6-8,11-13,18-21,24H2,1H3,(H,38,42)/t31-/m1/s1. The van der Waals surface area contributed by atoms with Gasteiger partial charge in [0, 0.05) is 48.1 Å². The van der Waals surface area contributed by atoms with E-state index in [0.29, 0.717) is 52.4 Å². The van der Waals surface area contributed by atoms with Gasteiger partial charge in [0.05, 0.1) is 11.9 Å². The second-order valence-corrected chi connectivity index (χ2v) is 14.8. The number of amides is 2. The largest absolute Gasteiger partial charge is 0.486 e. The van der Waals surface area contributed by atoms with E-state index in [-0.39, 0.29) is 43.8 Å². The molecule has 5 rings (SSSR count). The molecule has 0 saturated heterocycles. The smallest absolute Gasteiger partial charge is 0.243 e.